The summed E-state index contributed by atoms with van der Waals surface area (Å²) >= 11 is 0. The maximum atomic E-state index is 13.5. The minimum absolute atomic E-state index is 0.121. The molecule has 1 rings (SSSR count). The summed E-state index contributed by atoms with van der Waals surface area (Å²) in [6, 6.07) is 5.76. The number of para-hydroxylation sites is 1. The van der Waals surface area contributed by atoms with Gasteiger partial charge in [0, 0.05) is 0 Å². The van der Waals surface area contributed by atoms with Gasteiger partial charge in [0.1, 0.15) is 0 Å². The number of benzene rings is 1. The van der Waals surface area contributed by atoms with Crippen LogP contribution in [0.25, 0.3) is 0 Å². The monoisotopic (exact) mass is 304 g/mol. The van der Waals surface area contributed by atoms with Crippen LogP contribution in [0.3, 0.4) is 0 Å². The molecule has 0 aliphatic heterocycles. The molecule has 0 aromatic heterocycles. The van der Waals surface area contributed by atoms with Crippen LogP contribution < -0.4 is 4.52 Å². The first-order valence-electron chi connectivity index (χ1n) is 6.94. The van der Waals surface area contributed by atoms with Gasteiger partial charge in [-0.2, -0.15) is 0 Å². The van der Waals surface area contributed by atoms with Crippen molar-refractivity contribution in [1.82, 2.24) is 0 Å². The van der Waals surface area contributed by atoms with Gasteiger partial charge >= 0.3 is 7.82 Å². The van der Waals surface area contributed by atoms with Crippen LogP contribution in [0.4, 0.5) is 4.39 Å². The molecule has 0 fully saturated rings. The van der Waals surface area contributed by atoms with Crippen molar-refractivity contribution in [3.8, 4) is 5.75 Å². The van der Waals surface area contributed by atoms with E-state index in [1.807, 2.05) is 13.8 Å². The molecule has 114 valence electrons. The summed E-state index contributed by atoms with van der Waals surface area (Å²) < 4.78 is 41.6. The summed E-state index contributed by atoms with van der Waals surface area (Å²) in [7, 11) is -3.77. The largest absolute Gasteiger partial charge is 0.530 e. The third-order valence-corrected chi connectivity index (χ3v) is 3.96. The van der Waals surface area contributed by atoms with Crippen LogP contribution in [0.15, 0.2) is 24.3 Å². The fraction of sp³-hybridized carbons (Fsp3) is 0.571. The van der Waals surface area contributed by atoms with Crippen LogP contribution in [0, 0.1) is 5.82 Å². The fourth-order valence-electron chi connectivity index (χ4n) is 1.37. The summed E-state index contributed by atoms with van der Waals surface area (Å²) in [6.07, 6.45) is 3.27. The number of halogens is 1. The number of hydrogen-bond acceptors (Lipinski definition) is 4. The fourth-order valence-corrected chi connectivity index (χ4v) is 2.64. The number of phosphoric acid groups is 1. The lowest BCUT2D eigenvalue weighted by Gasteiger charge is -2.18. The van der Waals surface area contributed by atoms with E-state index in [4.69, 9.17) is 13.6 Å². The Morgan fingerprint density at radius 1 is 1.05 bits per heavy atom. The molecule has 0 saturated carbocycles. The van der Waals surface area contributed by atoms with E-state index in [1.165, 1.54) is 18.2 Å². The van der Waals surface area contributed by atoms with Crippen molar-refractivity contribution < 1.29 is 22.5 Å². The van der Waals surface area contributed by atoms with Crippen LogP contribution in [-0.2, 0) is 13.6 Å². The Balaban J connectivity index is 2.70. The molecule has 0 bridgehead atoms. The van der Waals surface area contributed by atoms with Crippen LogP contribution >= 0.6 is 7.82 Å². The molecular weight excluding hydrogens is 282 g/mol. The Kier molecular flexibility index (Phi) is 7.82. The van der Waals surface area contributed by atoms with Gasteiger partial charge in [0.05, 0.1) is 13.2 Å². The van der Waals surface area contributed by atoms with Gasteiger partial charge in [0.2, 0.25) is 0 Å². The molecule has 4 nitrogen and oxygen atoms in total. The third kappa shape index (κ3) is 6.04. The number of hydrogen-bond donors (Lipinski definition) is 0. The molecule has 0 heterocycles. The van der Waals surface area contributed by atoms with Crippen molar-refractivity contribution in [2.24, 2.45) is 0 Å². The van der Waals surface area contributed by atoms with Gasteiger partial charge in [-0.15, -0.1) is 0 Å². The summed E-state index contributed by atoms with van der Waals surface area (Å²) in [6.45, 7) is 4.50. The lowest BCUT2D eigenvalue weighted by molar-refractivity contribution is 0.150. The van der Waals surface area contributed by atoms with E-state index in [1.54, 1.807) is 6.07 Å². The van der Waals surface area contributed by atoms with Gasteiger partial charge in [0.15, 0.2) is 11.6 Å². The molecule has 20 heavy (non-hydrogen) atoms. The van der Waals surface area contributed by atoms with Crippen molar-refractivity contribution in [3.63, 3.8) is 0 Å². The van der Waals surface area contributed by atoms with Gasteiger partial charge in [-0.25, -0.2) is 8.96 Å². The van der Waals surface area contributed by atoms with E-state index in [-0.39, 0.29) is 19.0 Å². The SMILES string of the molecule is CCCCOP(=O)(OCCCC)Oc1ccccc1F. The third-order valence-electron chi connectivity index (χ3n) is 2.54. The van der Waals surface area contributed by atoms with E-state index in [0.29, 0.717) is 0 Å². The summed E-state index contributed by atoms with van der Waals surface area (Å²) in [5.41, 5.74) is 0. The molecule has 0 aliphatic rings. The van der Waals surface area contributed by atoms with Crippen LogP contribution in [0.1, 0.15) is 39.5 Å². The molecule has 0 aliphatic carbocycles. The number of unbranched alkanes of at least 4 members (excludes halogenated alkanes) is 2. The smallest absolute Gasteiger partial charge is 0.401 e. The first kappa shape index (κ1) is 17.2. The molecule has 1 aromatic carbocycles. The standard InChI is InChI=1S/C14H22FO4P/c1-3-5-11-17-20(16,18-12-6-4-2)19-14-10-8-7-9-13(14)15/h7-10H,3-6,11-12H2,1-2H3. The normalized spacial score (nSPS) is 11.6. The Morgan fingerprint density at radius 3 is 2.10 bits per heavy atom. The zero-order valence-corrected chi connectivity index (χ0v) is 12.9. The maximum Gasteiger partial charge on any atom is 0.530 e. The van der Waals surface area contributed by atoms with Crippen molar-refractivity contribution >= 4 is 7.82 Å². The van der Waals surface area contributed by atoms with Gasteiger partial charge in [-0.05, 0) is 25.0 Å². The second-order valence-electron chi connectivity index (χ2n) is 4.34. The first-order chi connectivity index (χ1) is 9.61. The lowest BCUT2D eigenvalue weighted by atomic mass is 10.3. The number of rotatable bonds is 10. The Labute approximate surface area is 119 Å². The molecule has 6 heteroatoms. The minimum Gasteiger partial charge on any atom is -0.401 e. The molecule has 1 aromatic rings. The Morgan fingerprint density at radius 2 is 1.60 bits per heavy atom. The summed E-state index contributed by atoms with van der Waals surface area (Å²) in [5.74, 6) is -0.713. The van der Waals surface area contributed by atoms with Crippen molar-refractivity contribution in [1.29, 1.82) is 0 Å². The molecule has 0 radical (unpaired) electrons. The van der Waals surface area contributed by atoms with E-state index in [0.717, 1.165) is 25.7 Å². The predicted molar refractivity (Wildman–Crippen MR) is 76.4 cm³/mol. The van der Waals surface area contributed by atoms with E-state index < -0.39 is 13.6 Å². The summed E-state index contributed by atoms with van der Waals surface area (Å²) in [5, 5.41) is 0. The van der Waals surface area contributed by atoms with Gasteiger partial charge < -0.3 is 4.52 Å². The van der Waals surface area contributed by atoms with E-state index in [9.17, 15) is 8.96 Å². The van der Waals surface area contributed by atoms with Crippen molar-refractivity contribution in [2.45, 2.75) is 39.5 Å². The Bertz CT molecular complexity index is 425. The average molecular weight is 304 g/mol. The predicted octanol–water partition coefficient (Wildman–Crippen LogP) is 4.95. The van der Waals surface area contributed by atoms with Gasteiger partial charge in [-0.1, -0.05) is 38.8 Å². The maximum absolute atomic E-state index is 13.5. The molecule has 0 spiro atoms. The van der Waals surface area contributed by atoms with Crippen LogP contribution in [-0.4, -0.2) is 13.2 Å². The molecule has 0 amide bonds. The second-order valence-corrected chi connectivity index (χ2v) is 5.94. The van der Waals surface area contributed by atoms with Crippen molar-refractivity contribution in [3.05, 3.63) is 30.1 Å². The highest BCUT2D eigenvalue weighted by atomic mass is 31.2. The zero-order chi connectivity index (χ0) is 14.8. The van der Waals surface area contributed by atoms with E-state index >= 15 is 0 Å². The molecule has 0 saturated heterocycles. The number of phosphoric ester groups is 1. The van der Waals surface area contributed by atoms with Crippen LogP contribution in [0.2, 0.25) is 0 Å². The van der Waals surface area contributed by atoms with E-state index in [2.05, 4.69) is 0 Å². The van der Waals surface area contributed by atoms with Gasteiger partial charge in [-0.3, -0.25) is 9.05 Å². The van der Waals surface area contributed by atoms with Gasteiger partial charge in [0.25, 0.3) is 0 Å². The minimum atomic E-state index is -3.77. The molecule has 0 N–H and O–H groups in total. The van der Waals surface area contributed by atoms with Crippen molar-refractivity contribution in [2.75, 3.05) is 13.2 Å². The molecule has 0 atom stereocenters. The Hall–Kier alpha value is -0.900. The second kappa shape index (κ2) is 9.11. The highest BCUT2D eigenvalue weighted by Gasteiger charge is 2.29. The molecular formula is C14H22FO4P. The first-order valence-corrected chi connectivity index (χ1v) is 8.40. The molecule has 0 unspecified atom stereocenters. The average Bonchev–Trinajstić information content (AvgIpc) is 2.42. The quantitative estimate of drug-likeness (QED) is 0.453. The zero-order valence-electron chi connectivity index (χ0n) is 12.0. The van der Waals surface area contributed by atoms with Crippen LogP contribution in [0.5, 0.6) is 5.75 Å². The highest BCUT2D eigenvalue weighted by molar-refractivity contribution is 7.48. The highest BCUT2D eigenvalue weighted by Crippen LogP contribution is 2.50. The summed E-state index contributed by atoms with van der Waals surface area (Å²) in [4.78, 5) is 0. The topological polar surface area (TPSA) is 44.8 Å². The lowest BCUT2D eigenvalue weighted by Crippen LogP contribution is -2.05.